The first-order chi connectivity index (χ1) is 15.4. The minimum atomic E-state index is -2.65. The van der Waals surface area contributed by atoms with Crippen LogP contribution in [0.25, 0.3) is 11.0 Å². The summed E-state index contributed by atoms with van der Waals surface area (Å²) in [4.78, 5) is 20.7. The molecule has 1 aliphatic carbocycles. The molecule has 1 aromatic carbocycles. The highest BCUT2D eigenvalue weighted by Gasteiger charge is 2.47. The zero-order valence-electron chi connectivity index (χ0n) is 19.3. The van der Waals surface area contributed by atoms with Crippen LogP contribution in [0.4, 0.5) is 13.2 Å². The van der Waals surface area contributed by atoms with Crippen LogP contribution in [0.3, 0.4) is 0 Å². The summed E-state index contributed by atoms with van der Waals surface area (Å²) in [6.07, 6.45) is 0.783. The van der Waals surface area contributed by atoms with Crippen molar-refractivity contribution in [3.8, 4) is 0 Å². The van der Waals surface area contributed by atoms with Crippen molar-refractivity contribution in [1.29, 1.82) is 0 Å². The number of rotatable bonds is 4. The number of esters is 1. The number of aromatic amines is 1. The minimum absolute atomic E-state index is 0.0912. The predicted octanol–water partition coefficient (Wildman–Crippen LogP) is 4.92. The summed E-state index contributed by atoms with van der Waals surface area (Å²) >= 11 is 0. The smallest absolute Gasteiger partial charge is 0.317 e. The van der Waals surface area contributed by atoms with Crippen molar-refractivity contribution in [2.24, 2.45) is 11.7 Å². The van der Waals surface area contributed by atoms with Crippen LogP contribution in [0.5, 0.6) is 0 Å². The first-order valence-electron chi connectivity index (χ1n) is 11.6. The Balaban J connectivity index is 1.68. The third-order valence-corrected chi connectivity index (χ3v) is 6.85. The fourth-order valence-corrected chi connectivity index (χ4v) is 4.91. The molecule has 9 heteroatoms. The van der Waals surface area contributed by atoms with Crippen LogP contribution in [0.2, 0.25) is 0 Å². The van der Waals surface area contributed by atoms with Crippen LogP contribution < -0.4 is 5.73 Å². The highest BCUT2D eigenvalue weighted by molar-refractivity contribution is 5.86. The zero-order valence-corrected chi connectivity index (χ0v) is 19.3. The molecular weight excluding hydrogens is 435 g/mol. The third kappa shape index (κ3) is 4.75. The molecule has 0 bridgehead atoms. The number of nitrogens with two attached hydrogens (primary N) is 1. The second-order valence-electron chi connectivity index (χ2n) is 10.4. The number of carbonyl (C=O) groups is 1. The molecule has 1 saturated heterocycles. The van der Waals surface area contributed by atoms with Gasteiger partial charge in [0.15, 0.2) is 5.82 Å². The largest absolute Gasteiger partial charge is 0.459 e. The molecule has 2 aliphatic rings. The van der Waals surface area contributed by atoms with Gasteiger partial charge in [-0.15, -0.1) is 0 Å². The van der Waals surface area contributed by atoms with Crippen molar-refractivity contribution in [3.05, 3.63) is 29.3 Å². The second kappa shape index (κ2) is 8.58. The topological polar surface area (TPSA) is 90.2 Å². The van der Waals surface area contributed by atoms with Gasteiger partial charge in [0.1, 0.15) is 22.4 Å². The first kappa shape index (κ1) is 24.0. The maximum atomic E-state index is 15.8. The Hall–Kier alpha value is -2.13. The number of hydrogen-bond donors (Lipinski definition) is 2. The highest BCUT2D eigenvalue weighted by Crippen LogP contribution is 2.42. The van der Waals surface area contributed by atoms with Crippen molar-refractivity contribution >= 4 is 17.0 Å². The Bertz CT molecular complexity index is 1020. The third-order valence-electron chi connectivity index (χ3n) is 6.85. The average Bonchev–Trinajstić information content (AvgIpc) is 3.18. The fourth-order valence-electron chi connectivity index (χ4n) is 4.91. The van der Waals surface area contributed by atoms with Crippen molar-refractivity contribution in [1.82, 2.24) is 9.97 Å². The van der Waals surface area contributed by atoms with Crippen LogP contribution in [-0.2, 0) is 19.7 Å². The number of aromatic nitrogens is 2. The number of hydrogen-bond acceptors (Lipinski definition) is 5. The van der Waals surface area contributed by atoms with Crippen molar-refractivity contribution in [3.63, 3.8) is 0 Å². The van der Waals surface area contributed by atoms with Crippen LogP contribution in [0.15, 0.2) is 12.1 Å². The zero-order chi connectivity index (χ0) is 24.0. The molecule has 0 radical (unpaired) electrons. The fraction of sp³-hybridized carbons (Fsp3) is 0.667. The maximum Gasteiger partial charge on any atom is 0.317 e. The standard InChI is InChI=1S/C24H32F3N3O3/c1-22(2,3)33-21(31)23(10-12-32-13-11-23)15-4-5-16-19(17(15)25)30-20(29-16)18(28)14-6-8-24(26,27)9-7-14/h4-5,14,18H,6-13,28H2,1-3H3,(H,29,30)/t18-/m0/s1. The summed E-state index contributed by atoms with van der Waals surface area (Å²) in [5.74, 6) is -3.51. The lowest BCUT2D eigenvalue weighted by Gasteiger charge is -2.37. The number of imidazole rings is 1. The van der Waals surface area contributed by atoms with Crippen molar-refractivity contribution < 1.29 is 27.4 Å². The van der Waals surface area contributed by atoms with E-state index in [1.165, 1.54) is 0 Å². The minimum Gasteiger partial charge on any atom is -0.459 e. The SMILES string of the molecule is CC(C)(C)OC(=O)C1(c2ccc3[nH]c([C@@H](N)C4CCC(F)(F)CC4)nc3c2F)CCOCC1. The van der Waals surface area contributed by atoms with E-state index < -0.39 is 34.8 Å². The number of nitrogens with zero attached hydrogens (tertiary/aromatic N) is 1. The lowest BCUT2D eigenvalue weighted by atomic mass is 9.73. The van der Waals surface area contributed by atoms with Crippen LogP contribution in [0, 0.1) is 11.7 Å². The van der Waals surface area contributed by atoms with Gasteiger partial charge in [0.05, 0.1) is 11.6 Å². The molecule has 1 atom stereocenters. The van der Waals surface area contributed by atoms with E-state index in [0.717, 1.165) is 0 Å². The number of benzene rings is 1. The Kier molecular flexibility index (Phi) is 6.24. The Morgan fingerprint density at radius 1 is 1.21 bits per heavy atom. The molecule has 1 saturated carbocycles. The number of nitrogens with one attached hydrogen (secondary N) is 1. The van der Waals surface area contributed by atoms with Gasteiger partial charge in [0.2, 0.25) is 5.92 Å². The van der Waals surface area contributed by atoms with E-state index in [1.54, 1.807) is 32.9 Å². The Morgan fingerprint density at radius 2 is 1.85 bits per heavy atom. The van der Waals surface area contributed by atoms with Gasteiger partial charge in [-0.05, 0) is 58.4 Å². The van der Waals surface area contributed by atoms with E-state index in [4.69, 9.17) is 15.2 Å². The summed E-state index contributed by atoms with van der Waals surface area (Å²) in [5, 5.41) is 0. The van der Waals surface area contributed by atoms with Gasteiger partial charge >= 0.3 is 5.97 Å². The van der Waals surface area contributed by atoms with Gasteiger partial charge in [0.25, 0.3) is 0 Å². The number of ether oxygens (including phenoxy) is 2. The summed E-state index contributed by atoms with van der Waals surface area (Å²) in [5.41, 5.74) is 5.24. The van der Waals surface area contributed by atoms with Crippen molar-refractivity contribution in [2.45, 2.75) is 82.3 Å². The monoisotopic (exact) mass is 467 g/mol. The molecule has 6 nitrogen and oxygen atoms in total. The summed E-state index contributed by atoms with van der Waals surface area (Å²) in [6, 6.07) is 2.69. The van der Waals surface area contributed by atoms with Gasteiger partial charge < -0.3 is 20.2 Å². The molecule has 33 heavy (non-hydrogen) atoms. The van der Waals surface area contributed by atoms with E-state index in [9.17, 15) is 13.6 Å². The number of alkyl halides is 2. The summed E-state index contributed by atoms with van der Waals surface area (Å²) < 4.78 is 54.0. The van der Waals surface area contributed by atoms with Crippen molar-refractivity contribution in [2.75, 3.05) is 13.2 Å². The van der Waals surface area contributed by atoms with Gasteiger partial charge in [0, 0.05) is 31.6 Å². The number of fused-ring (bicyclic) bond motifs is 1. The number of carbonyl (C=O) groups excluding carboxylic acids is 1. The van der Waals surface area contributed by atoms with E-state index in [2.05, 4.69) is 9.97 Å². The van der Waals surface area contributed by atoms with Crippen LogP contribution >= 0.6 is 0 Å². The van der Waals surface area contributed by atoms with Gasteiger partial charge in [-0.2, -0.15) is 0 Å². The van der Waals surface area contributed by atoms with E-state index >= 15 is 4.39 Å². The van der Waals surface area contributed by atoms with E-state index in [0.29, 0.717) is 50.2 Å². The molecule has 182 valence electrons. The number of H-pyrrole nitrogens is 1. The quantitative estimate of drug-likeness (QED) is 0.623. The lowest BCUT2D eigenvalue weighted by Crippen LogP contribution is -2.45. The molecule has 0 spiro atoms. The molecule has 1 aromatic heterocycles. The summed E-state index contributed by atoms with van der Waals surface area (Å²) in [7, 11) is 0. The first-order valence-corrected chi connectivity index (χ1v) is 11.6. The Morgan fingerprint density at radius 3 is 2.45 bits per heavy atom. The summed E-state index contributed by atoms with van der Waals surface area (Å²) in [6.45, 7) is 5.97. The van der Waals surface area contributed by atoms with Gasteiger partial charge in [-0.3, -0.25) is 4.79 Å². The lowest BCUT2D eigenvalue weighted by molar-refractivity contribution is -0.166. The predicted molar refractivity (Wildman–Crippen MR) is 117 cm³/mol. The van der Waals surface area contributed by atoms with E-state index in [1.807, 2.05) is 0 Å². The van der Waals surface area contributed by atoms with Crippen LogP contribution in [0.1, 0.15) is 76.7 Å². The molecule has 1 aliphatic heterocycles. The molecule has 2 aromatic rings. The van der Waals surface area contributed by atoms with E-state index in [-0.39, 0.29) is 29.8 Å². The highest BCUT2D eigenvalue weighted by atomic mass is 19.3. The molecule has 2 fully saturated rings. The second-order valence-corrected chi connectivity index (χ2v) is 10.4. The molecule has 4 rings (SSSR count). The molecule has 2 heterocycles. The number of halogens is 3. The molecular formula is C24H32F3N3O3. The Labute approximate surface area is 191 Å². The average molecular weight is 468 g/mol. The molecule has 0 unspecified atom stereocenters. The van der Waals surface area contributed by atoms with Crippen LogP contribution in [-0.4, -0.2) is 40.7 Å². The molecule has 3 N–H and O–H groups in total. The molecule has 0 amide bonds. The van der Waals surface area contributed by atoms with Gasteiger partial charge in [-0.25, -0.2) is 18.2 Å². The normalized spacial score (nSPS) is 22.3. The van der Waals surface area contributed by atoms with Gasteiger partial charge in [-0.1, -0.05) is 6.07 Å². The maximum absolute atomic E-state index is 15.8.